The van der Waals surface area contributed by atoms with Gasteiger partial charge in [0.2, 0.25) is 10.0 Å². The number of sulfonamides is 1. The number of nitrogens with two attached hydrogens (primary N) is 1. The zero-order valence-electron chi connectivity index (χ0n) is 8.66. The number of nitrogens with zero attached hydrogens (tertiary/aromatic N) is 3. The van der Waals surface area contributed by atoms with Gasteiger partial charge in [-0.25, -0.2) is 12.7 Å². The number of aromatic nitrogens is 2. The number of aromatic amines is 1. The van der Waals surface area contributed by atoms with E-state index in [1.165, 1.54) is 19.4 Å². The fourth-order valence-corrected chi connectivity index (χ4v) is 2.08. The molecule has 0 aliphatic rings. The number of amidine groups is 1. The molecular formula is C7H13N5O3S. The first kappa shape index (κ1) is 12.5. The second-order valence-corrected chi connectivity index (χ2v) is 5.15. The predicted octanol–water partition coefficient (Wildman–Crippen LogP) is -0.833. The smallest absolute Gasteiger partial charge is 0.245 e. The Balaban J connectivity index is 2.71. The summed E-state index contributed by atoms with van der Waals surface area (Å²) in [6, 6.07) is 0. The summed E-state index contributed by atoms with van der Waals surface area (Å²) in [6.07, 6.45) is 2.66. The van der Waals surface area contributed by atoms with E-state index in [1.807, 2.05) is 0 Å². The van der Waals surface area contributed by atoms with Crippen molar-refractivity contribution >= 4 is 15.9 Å². The van der Waals surface area contributed by atoms with Gasteiger partial charge in [0.25, 0.3) is 0 Å². The topological polar surface area (TPSA) is 125 Å². The summed E-state index contributed by atoms with van der Waals surface area (Å²) >= 11 is 0. The van der Waals surface area contributed by atoms with E-state index in [9.17, 15) is 8.42 Å². The lowest BCUT2D eigenvalue weighted by Gasteiger charge is -2.15. The monoisotopic (exact) mass is 247 g/mol. The molecule has 0 fully saturated rings. The Morgan fingerprint density at radius 2 is 2.44 bits per heavy atom. The molecule has 8 nitrogen and oxygen atoms in total. The lowest BCUT2D eigenvalue weighted by molar-refractivity contribution is 0.316. The van der Waals surface area contributed by atoms with Gasteiger partial charge in [0.1, 0.15) is 10.7 Å². The molecule has 1 rings (SSSR count). The van der Waals surface area contributed by atoms with Crippen LogP contribution in [0.2, 0.25) is 0 Å². The maximum Gasteiger partial charge on any atom is 0.245 e. The Hall–Kier alpha value is -1.61. The lowest BCUT2D eigenvalue weighted by atomic mass is 10.4. The molecule has 0 spiro atoms. The molecule has 1 aromatic rings. The molecule has 0 amide bonds. The Morgan fingerprint density at radius 1 is 1.75 bits per heavy atom. The van der Waals surface area contributed by atoms with Crippen LogP contribution in [0.5, 0.6) is 0 Å². The highest BCUT2D eigenvalue weighted by Gasteiger charge is 2.21. The van der Waals surface area contributed by atoms with Crippen molar-refractivity contribution in [3.8, 4) is 0 Å². The van der Waals surface area contributed by atoms with Crippen molar-refractivity contribution in [3.05, 3.63) is 12.4 Å². The number of nitrogens with one attached hydrogen (secondary N) is 1. The van der Waals surface area contributed by atoms with Crippen LogP contribution >= 0.6 is 0 Å². The molecular weight excluding hydrogens is 234 g/mol. The largest absolute Gasteiger partial charge is 0.409 e. The Morgan fingerprint density at radius 3 is 2.94 bits per heavy atom. The molecule has 0 saturated carbocycles. The Bertz CT molecular complexity index is 452. The van der Waals surface area contributed by atoms with Crippen LogP contribution in [0.3, 0.4) is 0 Å². The van der Waals surface area contributed by atoms with E-state index in [0.29, 0.717) is 0 Å². The average molecular weight is 247 g/mol. The van der Waals surface area contributed by atoms with Gasteiger partial charge in [-0.15, -0.1) is 0 Å². The second kappa shape index (κ2) is 4.94. The van der Waals surface area contributed by atoms with Crippen molar-refractivity contribution in [2.45, 2.75) is 11.3 Å². The van der Waals surface area contributed by atoms with Crippen LogP contribution in [0.1, 0.15) is 6.42 Å². The standard InChI is InChI=1S/C7H13N5O3S/c1-12(3-2-7(8)11-13)16(14,15)6-4-9-10-5-6/h4-5,13H,2-3H2,1H3,(H2,8,11)(H,9,10). The van der Waals surface area contributed by atoms with Gasteiger partial charge in [-0.1, -0.05) is 5.16 Å². The third kappa shape index (κ3) is 2.70. The third-order valence-electron chi connectivity index (χ3n) is 1.99. The molecule has 0 aliphatic carbocycles. The second-order valence-electron chi connectivity index (χ2n) is 3.10. The zero-order chi connectivity index (χ0) is 12.2. The van der Waals surface area contributed by atoms with Crippen LogP contribution in [0, 0.1) is 0 Å². The summed E-state index contributed by atoms with van der Waals surface area (Å²) in [5, 5.41) is 17.1. The molecule has 16 heavy (non-hydrogen) atoms. The van der Waals surface area contributed by atoms with E-state index in [2.05, 4.69) is 15.4 Å². The normalized spacial score (nSPS) is 13.2. The summed E-state index contributed by atoms with van der Waals surface area (Å²) in [7, 11) is -2.14. The number of oxime groups is 1. The molecule has 0 radical (unpaired) electrons. The molecule has 0 unspecified atom stereocenters. The van der Waals surface area contributed by atoms with Crippen LogP contribution in [-0.4, -0.2) is 47.6 Å². The summed E-state index contributed by atoms with van der Waals surface area (Å²) in [5.41, 5.74) is 5.24. The molecule has 0 aromatic carbocycles. The Labute approximate surface area is 92.8 Å². The molecule has 0 saturated heterocycles. The van der Waals surface area contributed by atoms with E-state index in [-0.39, 0.29) is 23.7 Å². The molecule has 0 atom stereocenters. The minimum Gasteiger partial charge on any atom is -0.409 e. The molecule has 1 aromatic heterocycles. The van der Waals surface area contributed by atoms with Crippen molar-refractivity contribution in [1.29, 1.82) is 0 Å². The van der Waals surface area contributed by atoms with Gasteiger partial charge < -0.3 is 10.9 Å². The minimum atomic E-state index is -3.55. The summed E-state index contributed by atoms with van der Waals surface area (Å²) in [5.74, 6) is -0.0192. The van der Waals surface area contributed by atoms with Crippen molar-refractivity contribution in [2.75, 3.05) is 13.6 Å². The highest BCUT2D eigenvalue weighted by atomic mass is 32.2. The van der Waals surface area contributed by atoms with Gasteiger partial charge in [-0.2, -0.15) is 5.10 Å². The highest BCUT2D eigenvalue weighted by Crippen LogP contribution is 2.11. The SMILES string of the molecule is CN(CC/C(N)=N/O)S(=O)(=O)c1cn[nH]c1. The van der Waals surface area contributed by atoms with Gasteiger partial charge in [0, 0.05) is 26.2 Å². The fraction of sp³-hybridized carbons (Fsp3) is 0.429. The molecule has 0 aliphatic heterocycles. The van der Waals surface area contributed by atoms with E-state index in [0.717, 1.165) is 4.31 Å². The van der Waals surface area contributed by atoms with Crippen molar-refractivity contribution < 1.29 is 13.6 Å². The molecule has 1 heterocycles. The summed E-state index contributed by atoms with van der Waals surface area (Å²) < 4.78 is 24.7. The Kier molecular flexibility index (Phi) is 3.85. The first-order chi connectivity index (χ1) is 7.48. The quantitative estimate of drug-likeness (QED) is 0.271. The molecule has 4 N–H and O–H groups in total. The maximum absolute atomic E-state index is 11.8. The van der Waals surface area contributed by atoms with Crippen molar-refractivity contribution in [1.82, 2.24) is 14.5 Å². The first-order valence-electron chi connectivity index (χ1n) is 4.40. The fourth-order valence-electron chi connectivity index (χ4n) is 1.00. The van der Waals surface area contributed by atoms with Crippen LogP contribution in [-0.2, 0) is 10.0 Å². The van der Waals surface area contributed by atoms with Gasteiger partial charge in [-0.05, 0) is 0 Å². The summed E-state index contributed by atoms with van der Waals surface area (Å²) in [6.45, 7) is 0.128. The van der Waals surface area contributed by atoms with E-state index in [1.54, 1.807) is 0 Å². The van der Waals surface area contributed by atoms with Crippen LogP contribution in [0.4, 0.5) is 0 Å². The summed E-state index contributed by atoms with van der Waals surface area (Å²) in [4.78, 5) is 0.0782. The van der Waals surface area contributed by atoms with E-state index in [4.69, 9.17) is 10.9 Å². The number of hydrogen-bond acceptors (Lipinski definition) is 5. The highest BCUT2D eigenvalue weighted by molar-refractivity contribution is 7.89. The van der Waals surface area contributed by atoms with Crippen LogP contribution in [0.15, 0.2) is 22.4 Å². The predicted molar refractivity (Wildman–Crippen MR) is 56.4 cm³/mol. The van der Waals surface area contributed by atoms with E-state index >= 15 is 0 Å². The first-order valence-corrected chi connectivity index (χ1v) is 5.84. The molecule has 90 valence electrons. The molecule has 9 heteroatoms. The van der Waals surface area contributed by atoms with Gasteiger partial charge >= 0.3 is 0 Å². The lowest BCUT2D eigenvalue weighted by Crippen LogP contribution is -2.30. The number of H-pyrrole nitrogens is 1. The zero-order valence-corrected chi connectivity index (χ0v) is 9.48. The minimum absolute atomic E-state index is 0.0192. The van der Waals surface area contributed by atoms with Crippen LogP contribution in [0.25, 0.3) is 0 Å². The van der Waals surface area contributed by atoms with Crippen LogP contribution < -0.4 is 5.73 Å². The average Bonchev–Trinajstić information content (AvgIpc) is 2.78. The van der Waals surface area contributed by atoms with E-state index < -0.39 is 10.0 Å². The maximum atomic E-state index is 11.8. The van der Waals surface area contributed by atoms with Gasteiger partial charge in [0.05, 0.1) is 6.20 Å². The number of rotatable bonds is 5. The number of hydrogen-bond donors (Lipinski definition) is 3. The molecule has 0 bridgehead atoms. The van der Waals surface area contributed by atoms with Gasteiger partial charge in [-0.3, -0.25) is 5.10 Å². The van der Waals surface area contributed by atoms with Crippen molar-refractivity contribution in [2.24, 2.45) is 10.9 Å². The van der Waals surface area contributed by atoms with Crippen molar-refractivity contribution in [3.63, 3.8) is 0 Å². The third-order valence-corrected chi connectivity index (χ3v) is 3.81. The van der Waals surface area contributed by atoms with Gasteiger partial charge in [0.15, 0.2) is 0 Å².